The number of nitrogens with zero attached hydrogens (tertiary/aromatic N) is 1. The molecule has 3 amide bonds. The van der Waals surface area contributed by atoms with Gasteiger partial charge in [0, 0.05) is 12.1 Å². The molecule has 9 nitrogen and oxygen atoms in total. The van der Waals surface area contributed by atoms with Crippen LogP contribution in [0.1, 0.15) is 48.7 Å². The molecule has 1 saturated carbocycles. The van der Waals surface area contributed by atoms with Crippen LogP contribution in [0.5, 0.6) is 0 Å². The number of rotatable bonds is 5. The predicted octanol–water partition coefficient (Wildman–Crippen LogP) is 2.36. The van der Waals surface area contributed by atoms with Crippen molar-refractivity contribution in [1.29, 1.82) is 0 Å². The number of carbonyl (C=O) groups is 3. The Bertz CT molecular complexity index is 668. The monoisotopic (exact) mass is 369 g/mol. The maximum absolute atomic E-state index is 11.9. The van der Waals surface area contributed by atoms with Gasteiger partial charge in [0.25, 0.3) is 5.91 Å². The Hall–Kier alpha value is -2.49. The summed E-state index contributed by atoms with van der Waals surface area (Å²) in [7, 11) is 0. The standard InChI is InChI=1S/C15H19N3O6S/c1-9(24-14(20)11-7-8-12(25-11)18(22)23)13(19)17-15(21)16-10-5-3-2-4-6-10/h7-10H,2-6H2,1H3,(H2,16,17,19,21)/t9-/m0/s1. The van der Waals surface area contributed by atoms with E-state index < -0.39 is 28.9 Å². The Morgan fingerprint density at radius 1 is 1.28 bits per heavy atom. The van der Waals surface area contributed by atoms with E-state index in [-0.39, 0.29) is 15.9 Å². The van der Waals surface area contributed by atoms with Gasteiger partial charge < -0.3 is 10.1 Å². The smallest absolute Gasteiger partial charge is 0.349 e. The van der Waals surface area contributed by atoms with E-state index in [0.717, 1.165) is 32.1 Å². The first-order chi connectivity index (χ1) is 11.9. The first kappa shape index (κ1) is 18.8. The molecule has 0 aromatic carbocycles. The number of nitro groups is 1. The van der Waals surface area contributed by atoms with Crippen molar-refractivity contribution in [1.82, 2.24) is 10.6 Å². The molecule has 0 saturated heterocycles. The molecule has 0 radical (unpaired) electrons. The third-order valence-corrected chi connectivity index (χ3v) is 4.82. The van der Waals surface area contributed by atoms with Gasteiger partial charge in [-0.05, 0) is 25.8 Å². The lowest BCUT2D eigenvalue weighted by atomic mass is 9.96. The Morgan fingerprint density at radius 2 is 1.96 bits per heavy atom. The highest BCUT2D eigenvalue weighted by molar-refractivity contribution is 7.17. The normalized spacial score (nSPS) is 15.9. The van der Waals surface area contributed by atoms with Gasteiger partial charge in [0.1, 0.15) is 4.88 Å². The number of imide groups is 1. The average Bonchev–Trinajstić information content (AvgIpc) is 3.06. The summed E-state index contributed by atoms with van der Waals surface area (Å²) in [5.74, 6) is -1.61. The molecule has 1 aliphatic rings. The van der Waals surface area contributed by atoms with Gasteiger partial charge >= 0.3 is 17.0 Å². The number of urea groups is 1. The molecule has 1 aromatic heterocycles. The van der Waals surface area contributed by atoms with Gasteiger partial charge in [-0.2, -0.15) is 0 Å². The Labute approximate surface area is 147 Å². The lowest BCUT2D eigenvalue weighted by Gasteiger charge is -2.23. The lowest BCUT2D eigenvalue weighted by Crippen LogP contribution is -2.48. The number of ether oxygens (including phenoxy) is 1. The molecule has 1 atom stereocenters. The number of carbonyl (C=O) groups excluding carboxylic acids is 3. The van der Waals surface area contributed by atoms with Crippen molar-refractivity contribution in [3.63, 3.8) is 0 Å². The number of thiophene rings is 1. The highest BCUT2D eigenvalue weighted by Gasteiger charge is 2.24. The second-order valence-electron chi connectivity index (χ2n) is 5.74. The van der Waals surface area contributed by atoms with E-state index in [2.05, 4.69) is 10.6 Å². The van der Waals surface area contributed by atoms with E-state index in [4.69, 9.17) is 4.74 Å². The second-order valence-corrected chi connectivity index (χ2v) is 6.80. The SMILES string of the molecule is C[C@H](OC(=O)c1ccc([N+](=O)[O-])s1)C(=O)NC(=O)NC1CCCCC1. The third-order valence-electron chi connectivity index (χ3n) is 3.80. The summed E-state index contributed by atoms with van der Waals surface area (Å²) in [6.07, 6.45) is 3.78. The Morgan fingerprint density at radius 3 is 2.56 bits per heavy atom. The molecular formula is C15H19N3O6S. The van der Waals surface area contributed by atoms with Crippen molar-refractivity contribution in [3.05, 3.63) is 27.1 Å². The largest absolute Gasteiger partial charge is 0.448 e. The molecule has 1 heterocycles. The molecule has 0 bridgehead atoms. The molecule has 1 aromatic rings. The van der Waals surface area contributed by atoms with Gasteiger partial charge in [-0.25, -0.2) is 9.59 Å². The molecule has 0 aliphatic heterocycles. The van der Waals surface area contributed by atoms with Crippen LogP contribution in [0.2, 0.25) is 0 Å². The van der Waals surface area contributed by atoms with Crippen LogP contribution in [-0.2, 0) is 9.53 Å². The fourth-order valence-electron chi connectivity index (χ4n) is 2.49. The summed E-state index contributed by atoms with van der Waals surface area (Å²) >= 11 is 0.655. The lowest BCUT2D eigenvalue weighted by molar-refractivity contribution is -0.380. The van der Waals surface area contributed by atoms with Crippen LogP contribution in [0.25, 0.3) is 0 Å². The molecule has 10 heteroatoms. The fourth-order valence-corrected chi connectivity index (χ4v) is 3.19. The van der Waals surface area contributed by atoms with Crippen LogP contribution in [0.4, 0.5) is 9.80 Å². The minimum atomic E-state index is -1.20. The van der Waals surface area contributed by atoms with Gasteiger partial charge in [0.2, 0.25) is 0 Å². The minimum Gasteiger partial charge on any atom is -0.448 e. The highest BCUT2D eigenvalue weighted by Crippen LogP contribution is 2.24. The van der Waals surface area contributed by atoms with E-state index in [9.17, 15) is 24.5 Å². The summed E-state index contributed by atoms with van der Waals surface area (Å²) in [4.78, 5) is 45.6. The molecule has 0 unspecified atom stereocenters. The van der Waals surface area contributed by atoms with E-state index >= 15 is 0 Å². The molecule has 136 valence electrons. The predicted molar refractivity (Wildman–Crippen MR) is 89.4 cm³/mol. The van der Waals surface area contributed by atoms with Crippen LogP contribution in [0, 0.1) is 10.1 Å². The summed E-state index contributed by atoms with van der Waals surface area (Å²) in [6, 6.07) is 1.87. The van der Waals surface area contributed by atoms with Crippen LogP contribution >= 0.6 is 11.3 Å². The van der Waals surface area contributed by atoms with Crippen LogP contribution in [0.3, 0.4) is 0 Å². The quantitative estimate of drug-likeness (QED) is 0.466. The number of hydrogen-bond donors (Lipinski definition) is 2. The summed E-state index contributed by atoms with van der Waals surface area (Å²) < 4.78 is 4.94. The molecule has 1 aliphatic carbocycles. The maximum Gasteiger partial charge on any atom is 0.349 e. The summed E-state index contributed by atoms with van der Waals surface area (Å²) in [5, 5.41) is 15.3. The minimum absolute atomic E-state index is 0.0120. The van der Waals surface area contributed by atoms with Crippen LogP contribution < -0.4 is 10.6 Å². The van der Waals surface area contributed by atoms with Crippen molar-refractivity contribution < 1.29 is 24.0 Å². The zero-order chi connectivity index (χ0) is 18.4. The topological polar surface area (TPSA) is 128 Å². The van der Waals surface area contributed by atoms with Crippen molar-refractivity contribution >= 4 is 34.2 Å². The maximum atomic E-state index is 11.9. The number of nitrogens with one attached hydrogen (secondary N) is 2. The zero-order valence-corrected chi connectivity index (χ0v) is 14.5. The molecule has 2 N–H and O–H groups in total. The second kappa shape index (κ2) is 8.56. The van der Waals surface area contributed by atoms with Crippen molar-refractivity contribution in [2.75, 3.05) is 0 Å². The summed E-state index contributed by atoms with van der Waals surface area (Å²) in [5.41, 5.74) is 0. The fraction of sp³-hybridized carbons (Fsp3) is 0.533. The zero-order valence-electron chi connectivity index (χ0n) is 13.6. The van der Waals surface area contributed by atoms with Crippen molar-refractivity contribution in [2.24, 2.45) is 0 Å². The number of amides is 3. The summed E-state index contributed by atoms with van der Waals surface area (Å²) in [6.45, 7) is 1.32. The van der Waals surface area contributed by atoms with Crippen LogP contribution in [-0.4, -0.2) is 35.0 Å². The van der Waals surface area contributed by atoms with Gasteiger partial charge in [0.15, 0.2) is 6.10 Å². The number of esters is 1. The van der Waals surface area contributed by atoms with Gasteiger partial charge in [0.05, 0.1) is 4.92 Å². The van der Waals surface area contributed by atoms with Gasteiger partial charge in [-0.1, -0.05) is 30.6 Å². The Balaban J connectivity index is 1.81. The molecule has 0 spiro atoms. The third kappa shape index (κ3) is 5.52. The first-order valence-electron chi connectivity index (χ1n) is 7.93. The van der Waals surface area contributed by atoms with E-state index in [1.807, 2.05) is 0 Å². The highest BCUT2D eigenvalue weighted by atomic mass is 32.1. The number of hydrogen-bond acceptors (Lipinski definition) is 7. The van der Waals surface area contributed by atoms with Crippen molar-refractivity contribution in [2.45, 2.75) is 51.2 Å². The molecule has 2 rings (SSSR count). The molecule has 25 heavy (non-hydrogen) atoms. The van der Waals surface area contributed by atoms with E-state index in [1.165, 1.54) is 19.1 Å². The average molecular weight is 369 g/mol. The van der Waals surface area contributed by atoms with Crippen LogP contribution in [0.15, 0.2) is 12.1 Å². The molecular weight excluding hydrogens is 350 g/mol. The van der Waals surface area contributed by atoms with Crippen molar-refractivity contribution in [3.8, 4) is 0 Å². The molecule has 1 fully saturated rings. The Kier molecular flexibility index (Phi) is 6.45. The van der Waals surface area contributed by atoms with E-state index in [1.54, 1.807) is 0 Å². The van der Waals surface area contributed by atoms with Gasteiger partial charge in [-0.3, -0.25) is 20.2 Å². The van der Waals surface area contributed by atoms with E-state index in [0.29, 0.717) is 11.3 Å². The first-order valence-corrected chi connectivity index (χ1v) is 8.75. The van der Waals surface area contributed by atoms with Gasteiger partial charge in [-0.15, -0.1) is 0 Å².